The van der Waals surface area contributed by atoms with Crippen LogP contribution in [-0.4, -0.2) is 48.1 Å². The quantitative estimate of drug-likeness (QED) is 0.747. The van der Waals surface area contributed by atoms with E-state index in [1.165, 1.54) is 37.4 Å². The Kier molecular flexibility index (Phi) is 7.04. The monoisotopic (exact) mass is 272 g/mol. The third kappa shape index (κ3) is 5.10. The molecule has 2 atom stereocenters. The van der Waals surface area contributed by atoms with Crippen molar-refractivity contribution in [1.82, 2.24) is 10.2 Å². The number of thioether (sulfide) groups is 1. The van der Waals surface area contributed by atoms with Crippen LogP contribution in [0.25, 0.3) is 0 Å². The minimum absolute atomic E-state index is 0.379. The van der Waals surface area contributed by atoms with Crippen molar-refractivity contribution in [3.63, 3.8) is 0 Å². The highest BCUT2D eigenvalue weighted by Gasteiger charge is 2.34. The number of hydrogen-bond donors (Lipinski definition) is 1. The van der Waals surface area contributed by atoms with E-state index < -0.39 is 0 Å². The van der Waals surface area contributed by atoms with Crippen molar-refractivity contribution in [2.45, 2.75) is 59.5 Å². The standard InChI is InChI=1S/C15H32N2S/c1-6-13-12-17(9-8-10-18-7-2)14(11-16-13)15(3,4)5/h13-14,16H,6-12H2,1-5H3. The summed E-state index contributed by atoms with van der Waals surface area (Å²) in [5.74, 6) is 2.57. The molecule has 0 amide bonds. The maximum absolute atomic E-state index is 3.71. The summed E-state index contributed by atoms with van der Waals surface area (Å²) in [6, 6.07) is 1.38. The van der Waals surface area contributed by atoms with E-state index in [9.17, 15) is 0 Å². The van der Waals surface area contributed by atoms with Crippen LogP contribution in [-0.2, 0) is 0 Å². The third-order valence-electron chi connectivity index (χ3n) is 3.93. The number of hydrogen-bond acceptors (Lipinski definition) is 3. The van der Waals surface area contributed by atoms with E-state index in [1.807, 2.05) is 0 Å². The fourth-order valence-electron chi connectivity index (χ4n) is 2.77. The van der Waals surface area contributed by atoms with Crippen molar-refractivity contribution in [3.05, 3.63) is 0 Å². The van der Waals surface area contributed by atoms with Gasteiger partial charge >= 0.3 is 0 Å². The fraction of sp³-hybridized carbons (Fsp3) is 1.00. The van der Waals surface area contributed by atoms with Crippen LogP contribution in [0.5, 0.6) is 0 Å². The number of nitrogens with zero attached hydrogens (tertiary/aromatic N) is 1. The lowest BCUT2D eigenvalue weighted by molar-refractivity contribution is 0.0553. The van der Waals surface area contributed by atoms with Crippen molar-refractivity contribution in [1.29, 1.82) is 0 Å². The Balaban J connectivity index is 2.49. The highest BCUT2D eigenvalue weighted by molar-refractivity contribution is 7.99. The molecule has 0 aromatic rings. The van der Waals surface area contributed by atoms with Crippen LogP contribution in [0.2, 0.25) is 0 Å². The van der Waals surface area contributed by atoms with Crippen molar-refractivity contribution < 1.29 is 0 Å². The van der Waals surface area contributed by atoms with E-state index in [1.54, 1.807) is 0 Å². The van der Waals surface area contributed by atoms with Crippen molar-refractivity contribution >= 4 is 11.8 Å². The van der Waals surface area contributed by atoms with E-state index in [0.717, 1.165) is 6.54 Å². The molecule has 18 heavy (non-hydrogen) atoms. The Morgan fingerprint density at radius 3 is 2.56 bits per heavy atom. The maximum Gasteiger partial charge on any atom is 0.0269 e. The molecule has 1 rings (SSSR count). The highest BCUT2D eigenvalue weighted by atomic mass is 32.2. The zero-order valence-corrected chi connectivity index (χ0v) is 13.8. The number of rotatable bonds is 6. The van der Waals surface area contributed by atoms with Gasteiger partial charge in [0.2, 0.25) is 0 Å². The lowest BCUT2D eigenvalue weighted by Gasteiger charge is -2.46. The Hall–Kier alpha value is 0.270. The second-order valence-corrected chi connectivity index (χ2v) is 7.83. The molecule has 0 saturated carbocycles. The van der Waals surface area contributed by atoms with E-state index >= 15 is 0 Å². The minimum atomic E-state index is 0.379. The van der Waals surface area contributed by atoms with Crippen molar-refractivity contribution in [3.8, 4) is 0 Å². The summed E-state index contributed by atoms with van der Waals surface area (Å²) in [5.41, 5.74) is 0.379. The van der Waals surface area contributed by atoms with E-state index in [4.69, 9.17) is 0 Å². The first-order valence-corrected chi connectivity index (χ1v) is 8.69. The molecule has 0 aromatic heterocycles. The summed E-state index contributed by atoms with van der Waals surface area (Å²) in [6.07, 6.45) is 2.58. The zero-order valence-electron chi connectivity index (χ0n) is 13.0. The highest BCUT2D eigenvalue weighted by Crippen LogP contribution is 2.27. The average Bonchev–Trinajstić information content (AvgIpc) is 2.33. The SMILES string of the molecule is CCSCCCN1CC(CC)NCC1C(C)(C)C. The number of nitrogens with one attached hydrogen (secondary N) is 1. The van der Waals surface area contributed by atoms with Gasteiger partial charge in [-0.15, -0.1) is 0 Å². The molecule has 0 aliphatic carbocycles. The first kappa shape index (κ1) is 16.3. The summed E-state index contributed by atoms with van der Waals surface area (Å²) < 4.78 is 0. The maximum atomic E-state index is 3.71. The molecule has 1 aliphatic rings. The van der Waals surface area contributed by atoms with Crippen LogP contribution in [0.15, 0.2) is 0 Å². The van der Waals surface area contributed by atoms with E-state index in [0.29, 0.717) is 17.5 Å². The zero-order chi connectivity index (χ0) is 13.6. The average molecular weight is 273 g/mol. The second-order valence-electron chi connectivity index (χ2n) is 6.44. The molecule has 1 heterocycles. The van der Waals surface area contributed by atoms with Gasteiger partial charge in [-0.05, 0) is 36.3 Å². The van der Waals surface area contributed by atoms with Gasteiger partial charge in [-0.2, -0.15) is 11.8 Å². The third-order valence-corrected chi connectivity index (χ3v) is 4.91. The van der Waals surface area contributed by atoms with Crippen LogP contribution in [0.1, 0.15) is 47.5 Å². The molecule has 2 nitrogen and oxygen atoms in total. The molecular formula is C15H32N2S. The predicted molar refractivity (Wildman–Crippen MR) is 84.5 cm³/mol. The lowest BCUT2D eigenvalue weighted by Crippen LogP contribution is -2.60. The topological polar surface area (TPSA) is 15.3 Å². The first-order valence-electron chi connectivity index (χ1n) is 7.54. The van der Waals surface area contributed by atoms with Gasteiger partial charge in [0.1, 0.15) is 0 Å². The molecule has 1 N–H and O–H groups in total. The van der Waals surface area contributed by atoms with E-state index in [-0.39, 0.29) is 0 Å². The van der Waals surface area contributed by atoms with Gasteiger partial charge in [-0.3, -0.25) is 4.90 Å². The predicted octanol–water partition coefficient (Wildman–Crippen LogP) is 3.23. The van der Waals surface area contributed by atoms with Gasteiger partial charge in [0, 0.05) is 25.2 Å². The molecule has 1 aliphatic heterocycles. The van der Waals surface area contributed by atoms with Crippen LogP contribution in [0, 0.1) is 5.41 Å². The Morgan fingerprint density at radius 2 is 2.00 bits per heavy atom. The summed E-state index contributed by atoms with van der Waals surface area (Å²) in [5, 5.41) is 3.71. The van der Waals surface area contributed by atoms with Gasteiger partial charge in [-0.25, -0.2) is 0 Å². The molecule has 0 aromatic carbocycles. The molecule has 0 bridgehead atoms. The van der Waals surface area contributed by atoms with Crippen LogP contribution >= 0.6 is 11.8 Å². The summed E-state index contributed by atoms with van der Waals surface area (Å²) >= 11 is 2.07. The molecule has 1 saturated heterocycles. The molecule has 0 spiro atoms. The van der Waals surface area contributed by atoms with Gasteiger partial charge in [0.25, 0.3) is 0 Å². The molecule has 3 heteroatoms. The smallest absolute Gasteiger partial charge is 0.0269 e. The normalized spacial score (nSPS) is 26.5. The van der Waals surface area contributed by atoms with Crippen LogP contribution in [0.3, 0.4) is 0 Å². The van der Waals surface area contributed by atoms with Gasteiger partial charge in [0.15, 0.2) is 0 Å². The molecule has 2 unspecified atom stereocenters. The lowest BCUT2D eigenvalue weighted by atomic mass is 9.83. The second kappa shape index (κ2) is 7.76. The van der Waals surface area contributed by atoms with E-state index in [2.05, 4.69) is 56.6 Å². The molecular weight excluding hydrogens is 240 g/mol. The van der Waals surface area contributed by atoms with Gasteiger partial charge in [0.05, 0.1) is 0 Å². The van der Waals surface area contributed by atoms with Gasteiger partial charge in [-0.1, -0.05) is 34.6 Å². The Morgan fingerprint density at radius 1 is 1.28 bits per heavy atom. The molecule has 0 radical (unpaired) electrons. The molecule has 1 fully saturated rings. The largest absolute Gasteiger partial charge is 0.311 e. The fourth-order valence-corrected chi connectivity index (χ4v) is 3.39. The summed E-state index contributed by atoms with van der Waals surface area (Å²) in [4.78, 5) is 2.74. The Labute approximate surface area is 118 Å². The minimum Gasteiger partial charge on any atom is -0.311 e. The first-order chi connectivity index (χ1) is 8.49. The van der Waals surface area contributed by atoms with Crippen molar-refractivity contribution in [2.24, 2.45) is 5.41 Å². The molecule has 108 valence electrons. The van der Waals surface area contributed by atoms with Crippen molar-refractivity contribution in [2.75, 3.05) is 31.1 Å². The van der Waals surface area contributed by atoms with Crippen LogP contribution < -0.4 is 5.32 Å². The van der Waals surface area contributed by atoms with Gasteiger partial charge < -0.3 is 5.32 Å². The summed E-state index contributed by atoms with van der Waals surface area (Å²) in [6.45, 7) is 15.3. The Bertz CT molecular complexity index is 225. The number of piperazine rings is 1. The van der Waals surface area contributed by atoms with Crippen LogP contribution in [0.4, 0.5) is 0 Å². The summed E-state index contributed by atoms with van der Waals surface area (Å²) in [7, 11) is 0.